The van der Waals surface area contributed by atoms with Gasteiger partial charge in [0.05, 0.1) is 21.8 Å². The number of carbonyl (C=O) groups excluding carboxylic acids is 1. The van der Waals surface area contributed by atoms with Gasteiger partial charge in [-0.2, -0.15) is 0 Å². The number of aliphatic hydroxyl groups excluding tert-OH is 1. The van der Waals surface area contributed by atoms with Gasteiger partial charge in [0.15, 0.2) is 5.78 Å². The molecule has 94 valence electrons. The SMILES string of the molecule is CC1CCN(CC(=O)c2ccc(Br)s2)C1CO. The minimum atomic E-state index is 0.141. The Kier molecular flexibility index (Phi) is 4.36. The standard InChI is InChI=1S/C12H16BrNO2S/c1-8-4-5-14(9(8)7-15)6-10(16)11-2-3-12(13)17-11/h2-3,8-9,15H,4-7H2,1H3. The van der Waals surface area contributed by atoms with Gasteiger partial charge >= 0.3 is 0 Å². The fourth-order valence-corrected chi connectivity index (χ4v) is 3.62. The average molecular weight is 318 g/mol. The number of hydrogen-bond acceptors (Lipinski definition) is 4. The number of Topliss-reactive ketones (excluding diaryl/α,β-unsaturated/α-hetero) is 1. The van der Waals surface area contributed by atoms with Gasteiger partial charge in [-0.1, -0.05) is 6.92 Å². The lowest BCUT2D eigenvalue weighted by Gasteiger charge is -2.23. The number of hydrogen-bond donors (Lipinski definition) is 1. The van der Waals surface area contributed by atoms with Crippen molar-refractivity contribution in [3.8, 4) is 0 Å². The molecular formula is C12H16BrNO2S. The highest BCUT2D eigenvalue weighted by molar-refractivity contribution is 9.11. The van der Waals surface area contributed by atoms with Crippen LogP contribution < -0.4 is 0 Å². The zero-order valence-corrected chi connectivity index (χ0v) is 12.1. The van der Waals surface area contributed by atoms with Gasteiger partial charge in [-0.05, 0) is 46.9 Å². The van der Waals surface area contributed by atoms with Gasteiger partial charge in [-0.15, -0.1) is 11.3 Å². The fraction of sp³-hybridized carbons (Fsp3) is 0.583. The van der Waals surface area contributed by atoms with E-state index >= 15 is 0 Å². The van der Waals surface area contributed by atoms with E-state index in [2.05, 4.69) is 27.8 Å². The molecule has 1 aliphatic heterocycles. The lowest BCUT2D eigenvalue weighted by molar-refractivity contribution is 0.0870. The molecule has 1 aliphatic rings. The first-order valence-corrected chi connectivity index (χ1v) is 7.36. The second-order valence-corrected chi connectivity index (χ2v) is 6.98. The van der Waals surface area contributed by atoms with Crippen LogP contribution in [0.15, 0.2) is 15.9 Å². The second-order valence-electron chi connectivity index (χ2n) is 4.51. The molecule has 2 rings (SSSR count). The highest BCUT2D eigenvalue weighted by Gasteiger charge is 2.31. The van der Waals surface area contributed by atoms with Crippen LogP contribution in [0.4, 0.5) is 0 Å². The van der Waals surface area contributed by atoms with Gasteiger partial charge in [0.1, 0.15) is 0 Å². The number of nitrogens with zero attached hydrogens (tertiary/aromatic N) is 1. The van der Waals surface area contributed by atoms with Crippen LogP contribution in [0, 0.1) is 5.92 Å². The fourth-order valence-electron chi connectivity index (χ4n) is 2.31. The van der Waals surface area contributed by atoms with Crippen molar-refractivity contribution in [2.24, 2.45) is 5.92 Å². The van der Waals surface area contributed by atoms with Gasteiger partial charge in [-0.25, -0.2) is 0 Å². The van der Waals surface area contributed by atoms with Gasteiger partial charge in [-0.3, -0.25) is 9.69 Å². The van der Waals surface area contributed by atoms with E-state index in [-0.39, 0.29) is 18.4 Å². The zero-order chi connectivity index (χ0) is 12.4. The van der Waals surface area contributed by atoms with E-state index in [0.717, 1.165) is 21.6 Å². The topological polar surface area (TPSA) is 40.5 Å². The number of halogens is 1. The molecule has 1 N–H and O–H groups in total. The Morgan fingerprint density at radius 2 is 2.41 bits per heavy atom. The van der Waals surface area contributed by atoms with E-state index < -0.39 is 0 Å². The minimum Gasteiger partial charge on any atom is -0.395 e. The Morgan fingerprint density at radius 3 is 3.00 bits per heavy atom. The Balaban J connectivity index is 1.99. The summed E-state index contributed by atoms with van der Waals surface area (Å²) in [5.74, 6) is 0.621. The summed E-state index contributed by atoms with van der Waals surface area (Å²) in [5.41, 5.74) is 0. The summed E-state index contributed by atoms with van der Waals surface area (Å²) >= 11 is 4.83. The number of carbonyl (C=O) groups is 1. The number of ketones is 1. The van der Waals surface area contributed by atoms with Crippen molar-refractivity contribution in [1.29, 1.82) is 0 Å². The van der Waals surface area contributed by atoms with Crippen LogP contribution in [0.2, 0.25) is 0 Å². The molecule has 0 amide bonds. The van der Waals surface area contributed by atoms with Crippen LogP contribution in [0.25, 0.3) is 0 Å². The molecule has 2 unspecified atom stereocenters. The monoisotopic (exact) mass is 317 g/mol. The first kappa shape index (κ1) is 13.2. The predicted molar refractivity (Wildman–Crippen MR) is 72.6 cm³/mol. The van der Waals surface area contributed by atoms with Gasteiger partial charge in [0, 0.05) is 6.04 Å². The van der Waals surface area contributed by atoms with E-state index in [0.29, 0.717) is 12.5 Å². The van der Waals surface area contributed by atoms with Crippen molar-refractivity contribution in [2.75, 3.05) is 19.7 Å². The molecule has 0 saturated carbocycles. The number of aliphatic hydroxyl groups is 1. The molecule has 0 aromatic carbocycles. The van der Waals surface area contributed by atoms with Crippen LogP contribution in [0.3, 0.4) is 0 Å². The van der Waals surface area contributed by atoms with Crippen molar-refractivity contribution in [1.82, 2.24) is 4.90 Å². The summed E-state index contributed by atoms with van der Waals surface area (Å²) in [6.07, 6.45) is 1.06. The molecule has 2 heterocycles. The molecule has 1 fully saturated rings. The van der Waals surface area contributed by atoms with Crippen molar-refractivity contribution >= 4 is 33.0 Å². The molecule has 1 aromatic heterocycles. The first-order chi connectivity index (χ1) is 8.11. The summed E-state index contributed by atoms with van der Waals surface area (Å²) in [6.45, 7) is 3.60. The molecule has 0 radical (unpaired) electrons. The molecule has 17 heavy (non-hydrogen) atoms. The van der Waals surface area contributed by atoms with Crippen molar-refractivity contribution < 1.29 is 9.90 Å². The third-order valence-corrected chi connectivity index (χ3v) is 5.04. The Morgan fingerprint density at radius 1 is 1.65 bits per heavy atom. The average Bonchev–Trinajstić information content (AvgIpc) is 2.86. The molecule has 5 heteroatoms. The summed E-state index contributed by atoms with van der Waals surface area (Å²) < 4.78 is 0.981. The number of thiophene rings is 1. The molecule has 1 saturated heterocycles. The van der Waals surface area contributed by atoms with Gasteiger partial charge < -0.3 is 5.11 Å². The van der Waals surface area contributed by atoms with Crippen LogP contribution >= 0.6 is 27.3 Å². The largest absolute Gasteiger partial charge is 0.395 e. The van der Waals surface area contributed by atoms with E-state index in [4.69, 9.17) is 0 Å². The van der Waals surface area contributed by atoms with E-state index in [9.17, 15) is 9.90 Å². The summed E-state index contributed by atoms with van der Waals surface area (Å²) in [5, 5.41) is 9.34. The van der Waals surface area contributed by atoms with Crippen LogP contribution in [0.1, 0.15) is 23.0 Å². The Hall–Kier alpha value is -0.230. The maximum Gasteiger partial charge on any atom is 0.186 e. The van der Waals surface area contributed by atoms with E-state index in [1.807, 2.05) is 12.1 Å². The van der Waals surface area contributed by atoms with Crippen molar-refractivity contribution in [3.05, 3.63) is 20.8 Å². The summed E-state index contributed by atoms with van der Waals surface area (Å²) in [4.78, 5) is 14.9. The van der Waals surface area contributed by atoms with Crippen LogP contribution in [-0.4, -0.2) is 41.5 Å². The van der Waals surface area contributed by atoms with Gasteiger partial charge in [0.2, 0.25) is 0 Å². The van der Waals surface area contributed by atoms with Crippen LogP contribution in [-0.2, 0) is 0 Å². The van der Waals surface area contributed by atoms with E-state index in [1.165, 1.54) is 11.3 Å². The molecule has 3 nitrogen and oxygen atoms in total. The van der Waals surface area contributed by atoms with Crippen molar-refractivity contribution in [3.63, 3.8) is 0 Å². The predicted octanol–water partition coefficient (Wildman–Crippen LogP) is 2.40. The van der Waals surface area contributed by atoms with E-state index in [1.54, 1.807) is 0 Å². The maximum atomic E-state index is 12.0. The van der Waals surface area contributed by atoms with Crippen molar-refractivity contribution in [2.45, 2.75) is 19.4 Å². The number of likely N-dealkylation sites (tertiary alicyclic amines) is 1. The molecular weight excluding hydrogens is 302 g/mol. The van der Waals surface area contributed by atoms with Gasteiger partial charge in [0.25, 0.3) is 0 Å². The summed E-state index contributed by atoms with van der Waals surface area (Å²) in [6, 6.07) is 3.89. The number of rotatable bonds is 4. The highest BCUT2D eigenvalue weighted by atomic mass is 79.9. The lowest BCUT2D eigenvalue weighted by atomic mass is 10.0. The minimum absolute atomic E-state index is 0.141. The molecule has 1 aromatic rings. The molecule has 0 aliphatic carbocycles. The quantitative estimate of drug-likeness (QED) is 0.867. The first-order valence-electron chi connectivity index (χ1n) is 5.75. The Labute approximate surface area is 114 Å². The maximum absolute atomic E-state index is 12.0. The second kappa shape index (κ2) is 5.61. The molecule has 0 bridgehead atoms. The third kappa shape index (κ3) is 2.96. The normalized spacial score (nSPS) is 25.4. The Bertz CT molecular complexity index is 407. The molecule has 2 atom stereocenters. The highest BCUT2D eigenvalue weighted by Crippen LogP contribution is 2.26. The third-order valence-electron chi connectivity index (χ3n) is 3.38. The van der Waals surface area contributed by atoms with Crippen LogP contribution in [0.5, 0.6) is 0 Å². The smallest absolute Gasteiger partial charge is 0.186 e. The summed E-state index contributed by atoms with van der Waals surface area (Å²) in [7, 11) is 0. The lowest BCUT2D eigenvalue weighted by Crippen LogP contribution is -2.38. The zero-order valence-electron chi connectivity index (χ0n) is 9.73. The molecule has 0 spiro atoms.